The molecular formula is C22H23ClN4O4S. The monoisotopic (exact) mass is 474 g/mol. The maximum atomic E-state index is 13.1. The third-order valence-electron chi connectivity index (χ3n) is 5.44. The van der Waals surface area contributed by atoms with E-state index in [2.05, 4.69) is 15.5 Å². The molecule has 1 fully saturated rings. The molecule has 168 valence electrons. The van der Waals surface area contributed by atoms with Crippen LogP contribution in [0.4, 0.5) is 5.69 Å². The summed E-state index contributed by atoms with van der Waals surface area (Å²) in [4.78, 5) is 17.0. The Bertz CT molecular complexity index is 1200. The Labute approximate surface area is 191 Å². The molecule has 1 saturated heterocycles. The van der Waals surface area contributed by atoms with Crippen molar-refractivity contribution in [3.63, 3.8) is 0 Å². The maximum Gasteiger partial charge on any atom is 0.243 e. The number of piperidine rings is 1. The SMILES string of the molecule is CCc1nc(-c2ccc(S(=O)(=O)N3CCC(C(=O)Nc4cccc(Cl)c4)CC3)cc2)no1. The van der Waals surface area contributed by atoms with Gasteiger partial charge in [0, 0.05) is 41.7 Å². The number of nitrogens with one attached hydrogen (secondary N) is 1. The highest BCUT2D eigenvalue weighted by Gasteiger charge is 2.32. The summed E-state index contributed by atoms with van der Waals surface area (Å²) in [5.41, 5.74) is 1.31. The average Bonchev–Trinajstić information content (AvgIpc) is 3.29. The Morgan fingerprint density at radius 2 is 1.91 bits per heavy atom. The molecule has 1 aliphatic heterocycles. The van der Waals surface area contributed by atoms with E-state index in [1.807, 2.05) is 6.92 Å². The van der Waals surface area contributed by atoms with Gasteiger partial charge in [-0.05, 0) is 55.3 Å². The lowest BCUT2D eigenvalue weighted by Gasteiger charge is -2.30. The minimum atomic E-state index is -3.65. The van der Waals surface area contributed by atoms with Gasteiger partial charge in [0.2, 0.25) is 27.6 Å². The Kier molecular flexibility index (Phi) is 6.59. The van der Waals surface area contributed by atoms with Crippen LogP contribution in [-0.4, -0.2) is 41.9 Å². The normalized spacial score (nSPS) is 15.6. The fraction of sp³-hybridized carbons (Fsp3) is 0.318. The molecule has 32 heavy (non-hydrogen) atoms. The second kappa shape index (κ2) is 9.40. The van der Waals surface area contributed by atoms with Crippen LogP contribution in [0.2, 0.25) is 5.02 Å². The van der Waals surface area contributed by atoms with E-state index in [9.17, 15) is 13.2 Å². The molecule has 0 aliphatic carbocycles. The van der Waals surface area contributed by atoms with Crippen molar-refractivity contribution in [3.8, 4) is 11.4 Å². The molecule has 1 aliphatic rings. The van der Waals surface area contributed by atoms with Gasteiger partial charge in [0.15, 0.2) is 0 Å². The van der Waals surface area contributed by atoms with Crippen molar-refractivity contribution in [3.05, 3.63) is 59.4 Å². The number of hydrogen-bond donors (Lipinski definition) is 1. The lowest BCUT2D eigenvalue weighted by molar-refractivity contribution is -0.120. The highest BCUT2D eigenvalue weighted by molar-refractivity contribution is 7.89. The minimum Gasteiger partial charge on any atom is -0.339 e. The molecule has 0 saturated carbocycles. The molecule has 0 unspecified atom stereocenters. The van der Waals surface area contributed by atoms with Gasteiger partial charge in [-0.1, -0.05) is 29.7 Å². The van der Waals surface area contributed by atoms with Crippen LogP contribution in [0, 0.1) is 5.92 Å². The van der Waals surface area contributed by atoms with Crippen LogP contribution >= 0.6 is 11.6 Å². The zero-order valence-electron chi connectivity index (χ0n) is 17.5. The van der Waals surface area contributed by atoms with Crippen molar-refractivity contribution in [2.45, 2.75) is 31.1 Å². The van der Waals surface area contributed by atoms with Crippen molar-refractivity contribution in [2.75, 3.05) is 18.4 Å². The summed E-state index contributed by atoms with van der Waals surface area (Å²) in [6.45, 7) is 2.47. The van der Waals surface area contributed by atoms with Crippen molar-refractivity contribution in [2.24, 2.45) is 5.92 Å². The standard InChI is InChI=1S/C22H23ClN4O4S/c1-2-20-25-21(26-31-20)15-6-8-19(9-7-15)32(29,30)27-12-10-16(11-13-27)22(28)24-18-5-3-4-17(23)14-18/h3-9,14,16H,2,10-13H2,1H3,(H,24,28). The maximum absolute atomic E-state index is 13.1. The lowest BCUT2D eigenvalue weighted by atomic mass is 9.97. The molecule has 0 spiro atoms. The molecule has 2 heterocycles. The fourth-order valence-electron chi connectivity index (χ4n) is 3.61. The third kappa shape index (κ3) is 4.85. The van der Waals surface area contributed by atoms with Gasteiger partial charge in [-0.15, -0.1) is 0 Å². The van der Waals surface area contributed by atoms with E-state index in [0.29, 0.717) is 47.3 Å². The van der Waals surface area contributed by atoms with Gasteiger partial charge >= 0.3 is 0 Å². The van der Waals surface area contributed by atoms with Crippen LogP contribution < -0.4 is 5.32 Å². The van der Waals surface area contributed by atoms with E-state index in [0.717, 1.165) is 0 Å². The van der Waals surface area contributed by atoms with Crippen molar-refractivity contribution in [1.82, 2.24) is 14.4 Å². The summed E-state index contributed by atoms with van der Waals surface area (Å²) < 4.78 is 32.6. The molecule has 10 heteroatoms. The molecule has 0 bridgehead atoms. The number of halogens is 1. The molecule has 4 rings (SSSR count). The largest absolute Gasteiger partial charge is 0.339 e. The van der Waals surface area contributed by atoms with Crippen LogP contribution in [0.1, 0.15) is 25.7 Å². The van der Waals surface area contributed by atoms with E-state index in [1.54, 1.807) is 48.5 Å². The number of carbonyl (C=O) groups excluding carboxylic acids is 1. The van der Waals surface area contributed by atoms with Gasteiger partial charge in [0.1, 0.15) is 0 Å². The first-order valence-corrected chi connectivity index (χ1v) is 12.2. The number of anilines is 1. The van der Waals surface area contributed by atoms with Crippen molar-refractivity contribution in [1.29, 1.82) is 0 Å². The van der Waals surface area contributed by atoms with E-state index in [-0.39, 0.29) is 29.8 Å². The Balaban J connectivity index is 1.38. The highest BCUT2D eigenvalue weighted by Crippen LogP contribution is 2.27. The van der Waals surface area contributed by atoms with Crippen LogP contribution in [0.5, 0.6) is 0 Å². The fourth-order valence-corrected chi connectivity index (χ4v) is 5.27. The quantitative estimate of drug-likeness (QED) is 0.579. The number of aromatic nitrogens is 2. The summed E-state index contributed by atoms with van der Waals surface area (Å²) in [6, 6.07) is 13.4. The molecular weight excluding hydrogens is 452 g/mol. The third-order valence-corrected chi connectivity index (χ3v) is 7.59. The van der Waals surface area contributed by atoms with E-state index < -0.39 is 10.0 Å². The van der Waals surface area contributed by atoms with E-state index >= 15 is 0 Å². The molecule has 0 atom stereocenters. The van der Waals surface area contributed by atoms with Gasteiger partial charge in [0.05, 0.1) is 4.90 Å². The highest BCUT2D eigenvalue weighted by atomic mass is 35.5. The molecule has 3 aromatic rings. The Morgan fingerprint density at radius 3 is 2.53 bits per heavy atom. The second-order valence-corrected chi connectivity index (χ2v) is 9.94. The van der Waals surface area contributed by atoms with Crippen molar-refractivity contribution >= 4 is 33.2 Å². The number of hydrogen-bond acceptors (Lipinski definition) is 6. The smallest absolute Gasteiger partial charge is 0.243 e. The summed E-state index contributed by atoms with van der Waals surface area (Å²) in [5, 5.41) is 7.30. The molecule has 1 N–H and O–H groups in total. The van der Waals surface area contributed by atoms with Gasteiger partial charge in [0.25, 0.3) is 0 Å². The average molecular weight is 475 g/mol. The van der Waals surface area contributed by atoms with Crippen LogP contribution in [0.3, 0.4) is 0 Å². The first-order valence-electron chi connectivity index (χ1n) is 10.4. The number of aryl methyl sites for hydroxylation is 1. The number of rotatable bonds is 6. The number of carbonyl (C=O) groups is 1. The Hall–Kier alpha value is -2.75. The first kappa shape index (κ1) is 22.4. The van der Waals surface area contributed by atoms with Gasteiger partial charge < -0.3 is 9.84 Å². The van der Waals surface area contributed by atoms with Gasteiger partial charge in [-0.25, -0.2) is 8.42 Å². The van der Waals surface area contributed by atoms with Crippen LogP contribution in [0.25, 0.3) is 11.4 Å². The van der Waals surface area contributed by atoms with Gasteiger partial charge in [-0.2, -0.15) is 9.29 Å². The number of amides is 1. The summed E-state index contributed by atoms with van der Waals surface area (Å²) in [6.07, 6.45) is 1.53. The van der Waals surface area contributed by atoms with Crippen LogP contribution in [0.15, 0.2) is 57.9 Å². The summed E-state index contributed by atoms with van der Waals surface area (Å²) >= 11 is 5.96. The molecule has 1 aromatic heterocycles. The zero-order chi connectivity index (χ0) is 22.7. The van der Waals surface area contributed by atoms with E-state index in [1.165, 1.54) is 4.31 Å². The van der Waals surface area contributed by atoms with Crippen molar-refractivity contribution < 1.29 is 17.7 Å². The van der Waals surface area contributed by atoms with E-state index in [4.69, 9.17) is 16.1 Å². The second-order valence-electron chi connectivity index (χ2n) is 7.57. The van der Waals surface area contributed by atoms with Gasteiger partial charge in [-0.3, -0.25) is 4.79 Å². The molecule has 8 nitrogen and oxygen atoms in total. The number of sulfonamides is 1. The predicted molar refractivity (Wildman–Crippen MR) is 121 cm³/mol. The molecule has 2 aromatic carbocycles. The summed E-state index contributed by atoms with van der Waals surface area (Å²) in [5.74, 6) is 0.574. The topological polar surface area (TPSA) is 105 Å². The van der Waals surface area contributed by atoms with Crippen LogP contribution in [-0.2, 0) is 21.2 Å². The first-order chi connectivity index (χ1) is 15.4. The number of nitrogens with zero attached hydrogens (tertiary/aromatic N) is 3. The zero-order valence-corrected chi connectivity index (χ0v) is 19.1. The summed E-state index contributed by atoms with van der Waals surface area (Å²) in [7, 11) is -3.65. The minimum absolute atomic E-state index is 0.125. The number of benzene rings is 2. The predicted octanol–water partition coefficient (Wildman–Crippen LogP) is 3.99. The Morgan fingerprint density at radius 1 is 1.19 bits per heavy atom. The molecule has 1 amide bonds. The lowest BCUT2D eigenvalue weighted by Crippen LogP contribution is -2.41. The molecule has 0 radical (unpaired) electrons.